The van der Waals surface area contributed by atoms with E-state index in [1.165, 1.54) is 6.42 Å². The third-order valence-corrected chi connectivity index (χ3v) is 5.42. The lowest BCUT2D eigenvalue weighted by molar-refractivity contribution is -0.183. The van der Waals surface area contributed by atoms with Gasteiger partial charge in [0.15, 0.2) is 0 Å². The third kappa shape index (κ3) is 3.80. The summed E-state index contributed by atoms with van der Waals surface area (Å²) in [5.74, 6) is -1.08. The van der Waals surface area contributed by atoms with E-state index in [9.17, 15) is 13.2 Å². The zero-order chi connectivity index (χ0) is 13.2. The molecular weight excluding hydrogens is 259 g/mol. The minimum Gasteiger partial charge on any atom is -0.311 e. The van der Waals surface area contributed by atoms with E-state index in [1.807, 2.05) is 11.8 Å². The molecule has 4 atom stereocenters. The molecule has 2 rings (SSSR count). The molecule has 2 saturated carbocycles. The Bertz CT molecular complexity index is 269. The molecule has 18 heavy (non-hydrogen) atoms. The van der Waals surface area contributed by atoms with Gasteiger partial charge in [-0.3, -0.25) is 0 Å². The highest BCUT2D eigenvalue weighted by atomic mass is 32.2. The van der Waals surface area contributed by atoms with Gasteiger partial charge < -0.3 is 5.32 Å². The molecule has 2 aliphatic carbocycles. The molecule has 0 aliphatic heterocycles. The van der Waals surface area contributed by atoms with Gasteiger partial charge in [0.1, 0.15) is 0 Å². The van der Waals surface area contributed by atoms with Crippen molar-refractivity contribution < 1.29 is 13.2 Å². The predicted molar refractivity (Wildman–Crippen MR) is 69.9 cm³/mol. The summed E-state index contributed by atoms with van der Waals surface area (Å²) in [6.45, 7) is 0. The van der Waals surface area contributed by atoms with Gasteiger partial charge >= 0.3 is 6.18 Å². The van der Waals surface area contributed by atoms with E-state index in [1.54, 1.807) is 0 Å². The van der Waals surface area contributed by atoms with Crippen LogP contribution < -0.4 is 5.32 Å². The molecule has 106 valence electrons. The maximum Gasteiger partial charge on any atom is 0.391 e. The summed E-state index contributed by atoms with van der Waals surface area (Å²) >= 11 is 1.88. The predicted octanol–water partition coefficient (Wildman–Crippen LogP) is 3.98. The summed E-state index contributed by atoms with van der Waals surface area (Å²) in [5.41, 5.74) is 0. The second kappa shape index (κ2) is 6.04. The molecule has 0 bridgehead atoms. The summed E-state index contributed by atoms with van der Waals surface area (Å²) in [6, 6.07) is 0.524. The SMILES string of the molecule is CSC1CCC(NC2CCCC(C(F)(F)F)C2)C1. The van der Waals surface area contributed by atoms with Crippen LogP contribution in [0.15, 0.2) is 0 Å². The van der Waals surface area contributed by atoms with Crippen LogP contribution in [0.25, 0.3) is 0 Å². The Morgan fingerprint density at radius 2 is 1.72 bits per heavy atom. The van der Waals surface area contributed by atoms with E-state index >= 15 is 0 Å². The van der Waals surface area contributed by atoms with E-state index < -0.39 is 12.1 Å². The maximum absolute atomic E-state index is 12.7. The fraction of sp³-hybridized carbons (Fsp3) is 1.00. The molecular formula is C13H22F3NS. The number of hydrogen-bond acceptors (Lipinski definition) is 2. The lowest BCUT2D eigenvalue weighted by Crippen LogP contribution is -2.42. The van der Waals surface area contributed by atoms with Crippen molar-refractivity contribution in [3.05, 3.63) is 0 Å². The fourth-order valence-electron chi connectivity index (χ4n) is 3.28. The van der Waals surface area contributed by atoms with E-state index in [2.05, 4.69) is 11.6 Å². The average molecular weight is 281 g/mol. The summed E-state index contributed by atoms with van der Waals surface area (Å²) < 4.78 is 38.1. The van der Waals surface area contributed by atoms with Gasteiger partial charge in [0.05, 0.1) is 5.92 Å². The smallest absolute Gasteiger partial charge is 0.311 e. The van der Waals surface area contributed by atoms with Crippen LogP contribution in [0.4, 0.5) is 13.2 Å². The molecule has 0 heterocycles. The van der Waals surface area contributed by atoms with Gasteiger partial charge in [-0.05, 0) is 44.8 Å². The number of nitrogens with one attached hydrogen (secondary N) is 1. The zero-order valence-corrected chi connectivity index (χ0v) is 11.6. The second-order valence-electron chi connectivity index (χ2n) is 5.64. The van der Waals surface area contributed by atoms with Crippen molar-refractivity contribution in [1.82, 2.24) is 5.32 Å². The largest absolute Gasteiger partial charge is 0.391 e. The van der Waals surface area contributed by atoms with Gasteiger partial charge in [-0.15, -0.1) is 0 Å². The lowest BCUT2D eigenvalue weighted by Gasteiger charge is -2.33. The molecule has 4 unspecified atom stereocenters. The van der Waals surface area contributed by atoms with Crippen LogP contribution >= 0.6 is 11.8 Å². The highest BCUT2D eigenvalue weighted by Crippen LogP contribution is 2.38. The summed E-state index contributed by atoms with van der Waals surface area (Å²) in [5, 5.41) is 4.17. The minimum atomic E-state index is -4.00. The van der Waals surface area contributed by atoms with Crippen molar-refractivity contribution in [3.63, 3.8) is 0 Å². The second-order valence-corrected chi connectivity index (χ2v) is 6.77. The van der Waals surface area contributed by atoms with E-state index in [0.29, 0.717) is 24.1 Å². The Hall–Kier alpha value is 0.100. The summed E-state index contributed by atoms with van der Waals surface area (Å²) in [7, 11) is 0. The highest BCUT2D eigenvalue weighted by molar-refractivity contribution is 7.99. The molecule has 1 N–H and O–H groups in total. The molecule has 2 aliphatic rings. The number of halogens is 3. The van der Waals surface area contributed by atoms with Crippen molar-refractivity contribution in [3.8, 4) is 0 Å². The first-order chi connectivity index (χ1) is 8.49. The topological polar surface area (TPSA) is 12.0 Å². The summed E-state index contributed by atoms with van der Waals surface area (Å²) in [6.07, 6.45) is 3.78. The van der Waals surface area contributed by atoms with Crippen molar-refractivity contribution in [2.45, 2.75) is 68.5 Å². The molecule has 2 fully saturated rings. The number of alkyl halides is 3. The monoisotopic (exact) mass is 281 g/mol. The van der Waals surface area contributed by atoms with Crippen molar-refractivity contribution in [2.24, 2.45) is 5.92 Å². The Balaban J connectivity index is 1.80. The maximum atomic E-state index is 12.7. The van der Waals surface area contributed by atoms with Gasteiger partial charge in [-0.1, -0.05) is 6.42 Å². The Morgan fingerprint density at radius 3 is 2.33 bits per heavy atom. The molecule has 0 aromatic carbocycles. The van der Waals surface area contributed by atoms with Gasteiger partial charge in [-0.25, -0.2) is 0 Å². The van der Waals surface area contributed by atoms with Crippen LogP contribution in [0, 0.1) is 5.92 Å². The molecule has 1 nitrogen and oxygen atoms in total. The van der Waals surface area contributed by atoms with E-state index in [0.717, 1.165) is 19.3 Å². The standard InChI is InChI=1S/C13H22F3NS/c1-18-12-6-5-11(8-12)17-10-4-2-3-9(7-10)13(14,15)16/h9-12,17H,2-8H2,1H3. The van der Waals surface area contributed by atoms with Gasteiger partial charge in [0, 0.05) is 17.3 Å². The minimum absolute atomic E-state index is 0.0796. The molecule has 0 spiro atoms. The fourth-order valence-corrected chi connectivity index (χ4v) is 4.07. The zero-order valence-electron chi connectivity index (χ0n) is 10.8. The van der Waals surface area contributed by atoms with E-state index in [-0.39, 0.29) is 12.5 Å². The quantitative estimate of drug-likeness (QED) is 0.839. The van der Waals surface area contributed by atoms with E-state index in [4.69, 9.17) is 0 Å². The Labute approximate surface area is 111 Å². The van der Waals surface area contributed by atoms with Crippen molar-refractivity contribution in [2.75, 3.05) is 6.26 Å². The molecule has 0 radical (unpaired) electrons. The molecule has 0 aromatic rings. The molecule has 0 saturated heterocycles. The number of thioether (sulfide) groups is 1. The highest BCUT2D eigenvalue weighted by Gasteiger charge is 2.42. The van der Waals surface area contributed by atoms with Crippen LogP contribution in [0.5, 0.6) is 0 Å². The number of rotatable bonds is 3. The van der Waals surface area contributed by atoms with Crippen LogP contribution in [0.3, 0.4) is 0 Å². The van der Waals surface area contributed by atoms with Crippen LogP contribution in [-0.2, 0) is 0 Å². The van der Waals surface area contributed by atoms with Crippen LogP contribution in [0.2, 0.25) is 0 Å². The molecule has 0 amide bonds. The van der Waals surface area contributed by atoms with Crippen LogP contribution in [0.1, 0.15) is 44.9 Å². The summed E-state index contributed by atoms with van der Waals surface area (Å²) in [4.78, 5) is 0. The third-order valence-electron chi connectivity index (χ3n) is 4.33. The first-order valence-electron chi connectivity index (χ1n) is 6.84. The Morgan fingerprint density at radius 1 is 1.00 bits per heavy atom. The lowest BCUT2D eigenvalue weighted by atomic mass is 9.85. The molecule has 0 aromatic heterocycles. The van der Waals surface area contributed by atoms with Gasteiger partial charge in [-0.2, -0.15) is 24.9 Å². The van der Waals surface area contributed by atoms with Crippen molar-refractivity contribution >= 4 is 11.8 Å². The van der Waals surface area contributed by atoms with Gasteiger partial charge in [0.2, 0.25) is 0 Å². The Kier molecular flexibility index (Phi) is 4.86. The average Bonchev–Trinajstić information content (AvgIpc) is 2.76. The first kappa shape index (κ1) is 14.5. The van der Waals surface area contributed by atoms with Gasteiger partial charge in [0.25, 0.3) is 0 Å². The normalized spacial score (nSPS) is 38.0. The number of hydrogen-bond donors (Lipinski definition) is 1. The van der Waals surface area contributed by atoms with Crippen molar-refractivity contribution in [1.29, 1.82) is 0 Å². The molecule has 5 heteroatoms. The first-order valence-corrected chi connectivity index (χ1v) is 8.13. The van der Waals surface area contributed by atoms with Crippen LogP contribution in [-0.4, -0.2) is 29.8 Å².